The second-order valence-corrected chi connectivity index (χ2v) is 4.25. The highest BCUT2D eigenvalue weighted by Gasteiger charge is 2.01. The van der Waals surface area contributed by atoms with Gasteiger partial charge in [0, 0.05) is 11.3 Å². The number of nitrogens with zero attached hydrogens (tertiary/aromatic N) is 1. The number of para-hydroxylation sites is 1. The molecule has 0 radical (unpaired) electrons. The van der Waals surface area contributed by atoms with Crippen LogP contribution in [-0.2, 0) is 0 Å². The van der Waals surface area contributed by atoms with Crippen LogP contribution in [-0.4, -0.2) is 12.9 Å². The van der Waals surface area contributed by atoms with Crippen LogP contribution in [0.4, 0.5) is 0 Å². The second-order valence-electron chi connectivity index (χ2n) is 3.11. The number of ether oxygens (including phenoxy) is 1. The third kappa shape index (κ3) is 4.26. The Hall–Kier alpha value is -1.14. The molecule has 0 aliphatic heterocycles. The molecule has 0 N–H and O–H groups in total. The Morgan fingerprint density at radius 3 is 2.87 bits per heavy atom. The SMILES string of the molecule is COc1ccccc1SCCCCC#N. The number of thioether (sulfide) groups is 1. The maximum absolute atomic E-state index is 8.39. The normalized spacial score (nSPS) is 9.60. The van der Waals surface area contributed by atoms with Gasteiger partial charge < -0.3 is 4.74 Å². The van der Waals surface area contributed by atoms with Crippen molar-refractivity contribution in [2.45, 2.75) is 24.2 Å². The van der Waals surface area contributed by atoms with Gasteiger partial charge in [-0.3, -0.25) is 0 Å². The molecule has 0 saturated carbocycles. The molecule has 0 bridgehead atoms. The summed E-state index contributed by atoms with van der Waals surface area (Å²) in [5.74, 6) is 1.98. The van der Waals surface area contributed by atoms with E-state index < -0.39 is 0 Å². The Bertz CT molecular complexity index is 333. The number of methoxy groups -OCH3 is 1. The number of rotatable bonds is 6. The van der Waals surface area contributed by atoms with Crippen LogP contribution < -0.4 is 4.74 Å². The largest absolute Gasteiger partial charge is 0.496 e. The van der Waals surface area contributed by atoms with Gasteiger partial charge in [-0.2, -0.15) is 5.26 Å². The van der Waals surface area contributed by atoms with Crippen molar-refractivity contribution in [3.63, 3.8) is 0 Å². The zero-order chi connectivity index (χ0) is 10.9. The summed E-state index contributed by atoms with van der Waals surface area (Å²) < 4.78 is 5.25. The Kier molecular flexibility index (Phi) is 5.72. The molecule has 0 fully saturated rings. The zero-order valence-corrected chi connectivity index (χ0v) is 9.72. The number of nitriles is 1. The summed E-state index contributed by atoms with van der Waals surface area (Å²) in [6, 6.07) is 10.2. The van der Waals surface area contributed by atoms with Crippen molar-refractivity contribution in [3.8, 4) is 11.8 Å². The summed E-state index contributed by atoms with van der Waals surface area (Å²) in [4.78, 5) is 1.18. The lowest BCUT2D eigenvalue weighted by Gasteiger charge is -2.06. The van der Waals surface area contributed by atoms with Gasteiger partial charge in [0.1, 0.15) is 5.75 Å². The monoisotopic (exact) mass is 221 g/mol. The molecular formula is C12H15NOS. The topological polar surface area (TPSA) is 33.0 Å². The maximum Gasteiger partial charge on any atom is 0.132 e. The summed E-state index contributed by atoms with van der Waals surface area (Å²) >= 11 is 1.79. The highest BCUT2D eigenvalue weighted by Crippen LogP contribution is 2.29. The van der Waals surface area contributed by atoms with Crippen LogP contribution in [0.5, 0.6) is 5.75 Å². The lowest BCUT2D eigenvalue weighted by atomic mass is 10.3. The van der Waals surface area contributed by atoms with Crippen LogP contribution in [0.15, 0.2) is 29.2 Å². The molecule has 0 unspecified atom stereocenters. The standard InChI is InChI=1S/C12H15NOS/c1-14-11-7-3-4-8-12(11)15-10-6-2-5-9-13/h3-4,7-8H,2,5-6,10H2,1H3. The molecule has 0 aromatic heterocycles. The molecule has 0 atom stereocenters. The Labute approximate surface area is 95.3 Å². The van der Waals surface area contributed by atoms with Gasteiger partial charge >= 0.3 is 0 Å². The van der Waals surface area contributed by atoms with Crippen molar-refractivity contribution in [1.82, 2.24) is 0 Å². The van der Waals surface area contributed by atoms with Crippen molar-refractivity contribution in [3.05, 3.63) is 24.3 Å². The van der Waals surface area contributed by atoms with Crippen molar-refractivity contribution in [2.24, 2.45) is 0 Å². The fourth-order valence-corrected chi connectivity index (χ4v) is 2.26. The van der Waals surface area contributed by atoms with E-state index >= 15 is 0 Å². The van der Waals surface area contributed by atoms with Crippen LogP contribution in [0, 0.1) is 11.3 Å². The molecular weight excluding hydrogens is 206 g/mol. The lowest BCUT2D eigenvalue weighted by Crippen LogP contribution is -1.86. The van der Waals surface area contributed by atoms with Crippen molar-refractivity contribution in [2.75, 3.05) is 12.9 Å². The van der Waals surface area contributed by atoms with Gasteiger partial charge in [-0.1, -0.05) is 12.1 Å². The van der Waals surface area contributed by atoms with Crippen LogP contribution in [0.1, 0.15) is 19.3 Å². The minimum Gasteiger partial charge on any atom is -0.496 e. The smallest absolute Gasteiger partial charge is 0.132 e. The van der Waals surface area contributed by atoms with Gasteiger partial charge in [-0.05, 0) is 30.7 Å². The first-order chi connectivity index (χ1) is 7.38. The predicted octanol–water partition coefficient (Wildman–Crippen LogP) is 3.48. The van der Waals surface area contributed by atoms with Crippen LogP contribution in [0.2, 0.25) is 0 Å². The summed E-state index contributed by atoms with van der Waals surface area (Å²) in [7, 11) is 1.69. The quantitative estimate of drug-likeness (QED) is 0.544. The average molecular weight is 221 g/mol. The summed E-state index contributed by atoms with van der Waals surface area (Å²) in [6.07, 6.45) is 2.72. The summed E-state index contributed by atoms with van der Waals surface area (Å²) in [5, 5.41) is 8.39. The number of hydrogen-bond acceptors (Lipinski definition) is 3. The second kappa shape index (κ2) is 7.19. The van der Waals surface area contributed by atoms with E-state index in [1.165, 1.54) is 4.90 Å². The molecule has 2 nitrogen and oxygen atoms in total. The molecule has 15 heavy (non-hydrogen) atoms. The number of hydrogen-bond donors (Lipinski definition) is 0. The molecule has 0 amide bonds. The Balaban J connectivity index is 2.34. The first-order valence-electron chi connectivity index (χ1n) is 5.01. The highest BCUT2D eigenvalue weighted by molar-refractivity contribution is 7.99. The van der Waals surface area contributed by atoms with E-state index in [0.717, 1.165) is 24.3 Å². The van der Waals surface area contributed by atoms with Gasteiger partial charge in [0.25, 0.3) is 0 Å². The van der Waals surface area contributed by atoms with Crippen molar-refractivity contribution >= 4 is 11.8 Å². The molecule has 1 aromatic carbocycles. The molecule has 0 aliphatic rings. The van der Waals surface area contributed by atoms with Gasteiger partial charge in [0.05, 0.1) is 13.2 Å². The van der Waals surface area contributed by atoms with E-state index in [2.05, 4.69) is 12.1 Å². The molecule has 0 heterocycles. The van der Waals surface area contributed by atoms with E-state index in [-0.39, 0.29) is 0 Å². The van der Waals surface area contributed by atoms with Gasteiger partial charge in [0.2, 0.25) is 0 Å². The van der Waals surface area contributed by atoms with Gasteiger partial charge in [-0.25, -0.2) is 0 Å². The molecule has 0 saturated heterocycles. The summed E-state index contributed by atoms with van der Waals surface area (Å²) in [6.45, 7) is 0. The fraction of sp³-hybridized carbons (Fsp3) is 0.417. The Morgan fingerprint density at radius 2 is 2.13 bits per heavy atom. The van der Waals surface area contributed by atoms with Gasteiger partial charge in [-0.15, -0.1) is 11.8 Å². The Morgan fingerprint density at radius 1 is 1.33 bits per heavy atom. The van der Waals surface area contributed by atoms with Crippen molar-refractivity contribution < 1.29 is 4.74 Å². The van der Waals surface area contributed by atoms with E-state index in [1.807, 2.05) is 18.2 Å². The van der Waals surface area contributed by atoms with Crippen LogP contribution in [0.25, 0.3) is 0 Å². The molecule has 0 aliphatic carbocycles. The summed E-state index contributed by atoms with van der Waals surface area (Å²) in [5.41, 5.74) is 0. The average Bonchev–Trinajstić information content (AvgIpc) is 2.29. The zero-order valence-electron chi connectivity index (χ0n) is 8.90. The molecule has 1 rings (SSSR count). The minimum atomic E-state index is 0.659. The number of benzene rings is 1. The maximum atomic E-state index is 8.39. The van der Waals surface area contributed by atoms with Crippen LogP contribution >= 0.6 is 11.8 Å². The van der Waals surface area contributed by atoms with Crippen molar-refractivity contribution in [1.29, 1.82) is 5.26 Å². The lowest BCUT2D eigenvalue weighted by molar-refractivity contribution is 0.405. The third-order valence-electron chi connectivity index (χ3n) is 2.01. The molecule has 0 spiro atoms. The number of unbranched alkanes of at least 4 members (excludes halogenated alkanes) is 2. The fourth-order valence-electron chi connectivity index (χ4n) is 1.23. The van der Waals surface area contributed by atoms with E-state index in [9.17, 15) is 0 Å². The van der Waals surface area contributed by atoms with E-state index in [0.29, 0.717) is 6.42 Å². The minimum absolute atomic E-state index is 0.659. The van der Waals surface area contributed by atoms with E-state index in [4.69, 9.17) is 10.00 Å². The van der Waals surface area contributed by atoms with Gasteiger partial charge in [0.15, 0.2) is 0 Å². The predicted molar refractivity (Wildman–Crippen MR) is 63.2 cm³/mol. The third-order valence-corrected chi connectivity index (χ3v) is 3.15. The van der Waals surface area contributed by atoms with Crippen LogP contribution in [0.3, 0.4) is 0 Å². The molecule has 80 valence electrons. The first kappa shape index (κ1) is 11.9. The molecule has 1 aromatic rings. The first-order valence-corrected chi connectivity index (χ1v) is 6.00. The highest BCUT2D eigenvalue weighted by atomic mass is 32.2. The van der Waals surface area contributed by atoms with E-state index in [1.54, 1.807) is 18.9 Å². The molecule has 3 heteroatoms.